The third-order valence-electron chi connectivity index (χ3n) is 6.52. The standard InChI is InChI=1S/C29H22N2O8S/c1-3-36-28(35)24-15(2)30-29-31(25(24)17-7-9-21-22(12-17)38-14-37-21)26(32)23(40-29)13-19-8-10-20(39-19)16-5-4-6-18(11-16)27(33)34/h4-13,25H,3,14H2,1-2H3,(H,33,34)/b23-13-/t25-/m1/s1. The number of esters is 1. The summed E-state index contributed by atoms with van der Waals surface area (Å²) >= 11 is 1.17. The van der Waals surface area contributed by atoms with Crippen LogP contribution in [0.2, 0.25) is 0 Å². The Morgan fingerprint density at radius 3 is 2.77 bits per heavy atom. The van der Waals surface area contributed by atoms with Crippen molar-refractivity contribution in [3.8, 4) is 22.8 Å². The summed E-state index contributed by atoms with van der Waals surface area (Å²) in [5, 5.41) is 9.29. The fourth-order valence-electron chi connectivity index (χ4n) is 4.71. The number of hydrogen-bond donors (Lipinski definition) is 1. The highest BCUT2D eigenvalue weighted by Gasteiger charge is 2.34. The summed E-state index contributed by atoms with van der Waals surface area (Å²) in [4.78, 5) is 43.2. The number of furan rings is 1. The molecule has 2 aromatic heterocycles. The number of carboxylic acids is 1. The topological polar surface area (TPSA) is 130 Å². The van der Waals surface area contributed by atoms with Crippen molar-refractivity contribution in [3.05, 3.63) is 102 Å². The van der Waals surface area contributed by atoms with Crippen LogP contribution in [0.25, 0.3) is 17.4 Å². The highest BCUT2D eigenvalue weighted by Crippen LogP contribution is 2.38. The number of rotatable bonds is 6. The lowest BCUT2D eigenvalue weighted by Crippen LogP contribution is -2.39. The maximum atomic E-state index is 13.8. The smallest absolute Gasteiger partial charge is 0.338 e. The lowest BCUT2D eigenvalue weighted by molar-refractivity contribution is -0.139. The third kappa shape index (κ3) is 4.39. The summed E-state index contributed by atoms with van der Waals surface area (Å²) in [5.41, 5.74) is 1.74. The number of carboxylic acid groups (broad SMARTS) is 1. The Balaban J connectivity index is 1.46. The van der Waals surface area contributed by atoms with Crippen LogP contribution in [0.1, 0.15) is 41.6 Å². The fraction of sp³-hybridized carbons (Fsp3) is 0.172. The Labute approximate surface area is 230 Å². The van der Waals surface area contributed by atoms with Gasteiger partial charge in [-0.25, -0.2) is 14.6 Å². The summed E-state index contributed by atoms with van der Waals surface area (Å²) in [5.74, 6) is 0.372. The molecule has 0 aliphatic carbocycles. The van der Waals surface area contributed by atoms with Crippen molar-refractivity contribution in [1.29, 1.82) is 0 Å². The van der Waals surface area contributed by atoms with E-state index < -0.39 is 18.0 Å². The maximum Gasteiger partial charge on any atom is 0.338 e. The van der Waals surface area contributed by atoms with E-state index >= 15 is 0 Å². The van der Waals surface area contributed by atoms with Gasteiger partial charge in [0.1, 0.15) is 11.5 Å². The molecule has 10 nitrogen and oxygen atoms in total. The Morgan fingerprint density at radius 1 is 1.15 bits per heavy atom. The molecule has 202 valence electrons. The van der Waals surface area contributed by atoms with Gasteiger partial charge in [0.15, 0.2) is 16.3 Å². The maximum absolute atomic E-state index is 13.8. The summed E-state index contributed by atoms with van der Waals surface area (Å²) < 4.78 is 24.1. The predicted octanol–water partition coefficient (Wildman–Crippen LogP) is 3.49. The second-order valence-corrected chi connectivity index (χ2v) is 10.0. The molecule has 40 heavy (non-hydrogen) atoms. The van der Waals surface area contributed by atoms with Gasteiger partial charge in [-0.05, 0) is 55.8 Å². The second-order valence-electron chi connectivity index (χ2n) is 9.00. The molecule has 0 bridgehead atoms. The van der Waals surface area contributed by atoms with Gasteiger partial charge in [-0.2, -0.15) is 0 Å². The number of carbonyl (C=O) groups excluding carboxylic acids is 1. The number of aromatic nitrogens is 1. The number of fused-ring (bicyclic) bond motifs is 2. The molecule has 6 rings (SSSR count). The highest BCUT2D eigenvalue weighted by molar-refractivity contribution is 7.07. The molecule has 11 heteroatoms. The van der Waals surface area contributed by atoms with Gasteiger partial charge >= 0.3 is 11.9 Å². The molecule has 4 heterocycles. The quantitative estimate of drug-likeness (QED) is 0.356. The van der Waals surface area contributed by atoms with Crippen LogP contribution in [-0.2, 0) is 9.53 Å². The average Bonchev–Trinajstić information content (AvgIpc) is 3.67. The first kappa shape index (κ1) is 25.4. The van der Waals surface area contributed by atoms with Crippen LogP contribution in [0.4, 0.5) is 0 Å². The van der Waals surface area contributed by atoms with Gasteiger partial charge in [-0.1, -0.05) is 29.5 Å². The van der Waals surface area contributed by atoms with Crippen LogP contribution in [0.5, 0.6) is 11.5 Å². The van der Waals surface area contributed by atoms with E-state index in [-0.39, 0.29) is 30.1 Å². The molecule has 4 aromatic rings. The van der Waals surface area contributed by atoms with Gasteiger partial charge in [-0.3, -0.25) is 9.36 Å². The van der Waals surface area contributed by atoms with Crippen molar-refractivity contribution < 1.29 is 33.3 Å². The molecule has 0 saturated heterocycles. The molecule has 0 spiro atoms. The summed E-state index contributed by atoms with van der Waals surface area (Å²) in [6, 6.07) is 14.3. The Hall–Kier alpha value is -4.90. The minimum Gasteiger partial charge on any atom is -0.478 e. The van der Waals surface area contributed by atoms with Crippen molar-refractivity contribution in [3.63, 3.8) is 0 Å². The van der Waals surface area contributed by atoms with E-state index in [1.54, 1.807) is 62.4 Å². The molecule has 1 atom stereocenters. The van der Waals surface area contributed by atoms with Crippen LogP contribution < -0.4 is 24.4 Å². The van der Waals surface area contributed by atoms with Crippen LogP contribution >= 0.6 is 11.3 Å². The van der Waals surface area contributed by atoms with Crippen LogP contribution in [0, 0.1) is 0 Å². The van der Waals surface area contributed by atoms with E-state index in [0.717, 1.165) is 0 Å². The number of nitrogens with zero attached hydrogens (tertiary/aromatic N) is 2. The van der Waals surface area contributed by atoms with Gasteiger partial charge in [0.05, 0.1) is 34.0 Å². The molecule has 0 amide bonds. The van der Waals surface area contributed by atoms with Gasteiger partial charge in [-0.15, -0.1) is 0 Å². The summed E-state index contributed by atoms with van der Waals surface area (Å²) in [7, 11) is 0. The van der Waals surface area contributed by atoms with E-state index in [4.69, 9.17) is 18.6 Å². The first-order chi connectivity index (χ1) is 19.3. The minimum absolute atomic E-state index is 0.0902. The normalized spacial score (nSPS) is 16.1. The van der Waals surface area contributed by atoms with Crippen molar-refractivity contribution in [2.45, 2.75) is 19.9 Å². The van der Waals surface area contributed by atoms with Gasteiger partial charge < -0.3 is 23.7 Å². The third-order valence-corrected chi connectivity index (χ3v) is 7.51. The van der Waals surface area contributed by atoms with Gasteiger partial charge in [0, 0.05) is 11.6 Å². The molecule has 0 saturated carbocycles. The lowest BCUT2D eigenvalue weighted by Gasteiger charge is -2.24. The molecule has 2 aliphatic heterocycles. The molecule has 2 aromatic carbocycles. The van der Waals surface area contributed by atoms with Crippen molar-refractivity contribution in [2.24, 2.45) is 4.99 Å². The van der Waals surface area contributed by atoms with Crippen LogP contribution in [0.3, 0.4) is 0 Å². The van der Waals surface area contributed by atoms with E-state index in [1.165, 1.54) is 28.0 Å². The Morgan fingerprint density at radius 2 is 1.98 bits per heavy atom. The van der Waals surface area contributed by atoms with Crippen molar-refractivity contribution in [1.82, 2.24) is 4.57 Å². The molecule has 0 radical (unpaired) electrons. The highest BCUT2D eigenvalue weighted by atomic mass is 32.1. The van der Waals surface area contributed by atoms with Crippen molar-refractivity contribution in [2.75, 3.05) is 13.4 Å². The number of aromatic carboxylic acids is 1. The summed E-state index contributed by atoms with van der Waals surface area (Å²) in [6.07, 6.45) is 1.61. The zero-order valence-corrected chi connectivity index (χ0v) is 22.2. The van der Waals surface area contributed by atoms with E-state index in [0.29, 0.717) is 49.2 Å². The van der Waals surface area contributed by atoms with Gasteiger partial charge in [0.2, 0.25) is 6.79 Å². The molecular weight excluding hydrogens is 536 g/mol. The zero-order chi connectivity index (χ0) is 28.0. The number of thiazole rings is 1. The molecular formula is C29H22N2O8S. The number of benzene rings is 2. The SMILES string of the molecule is CCOC(=O)C1=C(C)N=c2s/c(=C\c3ccc(-c4cccc(C(=O)O)c4)o3)c(=O)n2[C@@H]1c1ccc2c(c1)OCO2. The molecule has 1 N–H and O–H groups in total. The fourth-order valence-corrected chi connectivity index (χ4v) is 5.74. The number of allylic oxidation sites excluding steroid dienone is 1. The van der Waals surface area contributed by atoms with E-state index in [9.17, 15) is 19.5 Å². The van der Waals surface area contributed by atoms with E-state index in [2.05, 4.69) is 4.99 Å². The average molecular weight is 559 g/mol. The number of ether oxygens (including phenoxy) is 3. The molecule has 0 fully saturated rings. The summed E-state index contributed by atoms with van der Waals surface area (Å²) in [6.45, 7) is 3.69. The first-order valence-electron chi connectivity index (χ1n) is 12.4. The van der Waals surface area contributed by atoms with Gasteiger partial charge in [0.25, 0.3) is 5.56 Å². The number of carbonyl (C=O) groups is 2. The zero-order valence-electron chi connectivity index (χ0n) is 21.4. The van der Waals surface area contributed by atoms with Crippen molar-refractivity contribution >= 4 is 29.4 Å². The molecule has 2 aliphatic rings. The predicted molar refractivity (Wildman–Crippen MR) is 144 cm³/mol. The number of hydrogen-bond acceptors (Lipinski definition) is 9. The largest absolute Gasteiger partial charge is 0.478 e. The Kier molecular flexibility index (Phi) is 6.35. The van der Waals surface area contributed by atoms with Crippen LogP contribution in [0.15, 0.2) is 80.1 Å². The van der Waals surface area contributed by atoms with E-state index in [1.807, 2.05) is 0 Å². The monoisotopic (exact) mass is 558 g/mol. The second kappa shape index (κ2) is 10.0. The Bertz CT molecular complexity index is 1890. The molecule has 0 unspecified atom stereocenters. The lowest BCUT2D eigenvalue weighted by atomic mass is 9.95. The minimum atomic E-state index is -1.04. The first-order valence-corrected chi connectivity index (χ1v) is 13.2. The van der Waals surface area contributed by atoms with Crippen LogP contribution in [-0.4, -0.2) is 35.0 Å².